The summed E-state index contributed by atoms with van der Waals surface area (Å²) in [6.07, 6.45) is 1.32. The Morgan fingerprint density at radius 1 is 1.15 bits per heavy atom. The maximum absolute atomic E-state index is 14.0. The van der Waals surface area contributed by atoms with E-state index in [1.165, 1.54) is 30.3 Å². The largest absolute Gasteiger partial charge is 0.457 e. The van der Waals surface area contributed by atoms with E-state index < -0.39 is 35.2 Å². The highest BCUT2D eigenvalue weighted by molar-refractivity contribution is 9.10. The van der Waals surface area contributed by atoms with Crippen LogP contribution in [-0.4, -0.2) is 28.5 Å². The highest BCUT2D eigenvalue weighted by atomic mass is 79.9. The molecular formula is C22H12BrClF2N2O4S. The molecule has 3 amide bonds. The molecule has 2 aromatic carbocycles. The van der Waals surface area contributed by atoms with Crippen LogP contribution in [0.1, 0.15) is 5.76 Å². The molecule has 168 valence electrons. The number of carbonyl (C=O) groups is 3. The zero-order valence-corrected chi connectivity index (χ0v) is 19.6. The maximum Gasteiger partial charge on any atom is 0.294 e. The van der Waals surface area contributed by atoms with E-state index in [2.05, 4.69) is 21.2 Å². The normalized spacial score (nSPS) is 14.9. The third-order valence-electron chi connectivity index (χ3n) is 4.48. The van der Waals surface area contributed by atoms with Crippen molar-refractivity contribution >= 4 is 68.1 Å². The van der Waals surface area contributed by atoms with E-state index in [1.807, 2.05) is 0 Å². The van der Waals surface area contributed by atoms with Crippen LogP contribution in [0.25, 0.3) is 17.4 Å². The van der Waals surface area contributed by atoms with Crippen molar-refractivity contribution in [1.82, 2.24) is 4.90 Å². The number of anilines is 1. The molecule has 0 unspecified atom stereocenters. The SMILES string of the molecule is O=C(CN1C(=O)S/C(=C/c2ccc(-c3ccc(F)cc3F)o2)C1=O)Nc1ccc(Br)c(Cl)c1. The van der Waals surface area contributed by atoms with E-state index in [-0.39, 0.29) is 22.0 Å². The molecule has 1 aliphatic rings. The van der Waals surface area contributed by atoms with Gasteiger partial charge in [-0.25, -0.2) is 8.78 Å². The third kappa shape index (κ3) is 5.18. The molecule has 1 aliphatic heterocycles. The van der Waals surface area contributed by atoms with E-state index in [0.29, 0.717) is 26.9 Å². The molecule has 1 aromatic heterocycles. The minimum atomic E-state index is -0.797. The summed E-state index contributed by atoms with van der Waals surface area (Å²) in [6, 6.07) is 10.8. The molecule has 0 aliphatic carbocycles. The number of furan rings is 1. The lowest BCUT2D eigenvalue weighted by Gasteiger charge is -2.12. The number of benzene rings is 2. The summed E-state index contributed by atoms with van der Waals surface area (Å²) in [4.78, 5) is 38.1. The van der Waals surface area contributed by atoms with Crippen molar-refractivity contribution in [3.8, 4) is 11.3 Å². The lowest BCUT2D eigenvalue weighted by molar-refractivity contribution is -0.127. The summed E-state index contributed by atoms with van der Waals surface area (Å²) < 4.78 is 33.2. The van der Waals surface area contributed by atoms with Gasteiger partial charge in [-0.05, 0) is 70.2 Å². The number of nitrogens with one attached hydrogen (secondary N) is 1. The van der Waals surface area contributed by atoms with E-state index in [0.717, 1.165) is 17.0 Å². The average molecular weight is 554 g/mol. The van der Waals surface area contributed by atoms with Crippen molar-refractivity contribution in [2.75, 3.05) is 11.9 Å². The van der Waals surface area contributed by atoms with Crippen molar-refractivity contribution in [2.24, 2.45) is 0 Å². The Balaban J connectivity index is 1.46. The van der Waals surface area contributed by atoms with Crippen LogP contribution in [-0.2, 0) is 9.59 Å². The maximum atomic E-state index is 14.0. The monoisotopic (exact) mass is 552 g/mol. The van der Waals surface area contributed by atoms with Crippen molar-refractivity contribution in [3.63, 3.8) is 0 Å². The first-order valence-electron chi connectivity index (χ1n) is 9.27. The standard InChI is InChI=1S/C22H12BrClF2N2O4S/c23-15-5-2-12(8-16(15)24)27-20(29)10-28-21(30)19(33-22(28)31)9-13-3-6-18(32-13)14-4-1-11(25)7-17(14)26/h1-9H,10H2,(H,27,29)/b19-9+. The van der Waals surface area contributed by atoms with E-state index in [4.69, 9.17) is 16.0 Å². The summed E-state index contributed by atoms with van der Waals surface area (Å²) in [5, 5.41) is 2.34. The summed E-state index contributed by atoms with van der Waals surface area (Å²) in [7, 11) is 0. The first-order valence-corrected chi connectivity index (χ1v) is 11.3. The number of rotatable bonds is 5. The zero-order valence-electron chi connectivity index (χ0n) is 16.4. The zero-order chi connectivity index (χ0) is 23.7. The minimum Gasteiger partial charge on any atom is -0.457 e. The van der Waals surface area contributed by atoms with Crippen LogP contribution in [0.15, 0.2) is 62.3 Å². The summed E-state index contributed by atoms with van der Waals surface area (Å²) in [5.41, 5.74) is 0.459. The Kier molecular flexibility index (Phi) is 6.68. The van der Waals surface area contributed by atoms with Crippen LogP contribution >= 0.6 is 39.3 Å². The number of amides is 3. The molecule has 3 aromatic rings. The lowest BCUT2D eigenvalue weighted by atomic mass is 10.1. The quantitative estimate of drug-likeness (QED) is 0.374. The molecule has 1 N–H and O–H groups in total. The van der Waals surface area contributed by atoms with Gasteiger partial charge < -0.3 is 9.73 Å². The molecule has 1 fully saturated rings. The van der Waals surface area contributed by atoms with Gasteiger partial charge in [0, 0.05) is 22.3 Å². The molecule has 0 radical (unpaired) electrons. The third-order valence-corrected chi connectivity index (χ3v) is 6.62. The molecule has 4 rings (SSSR count). The second kappa shape index (κ2) is 9.50. The minimum absolute atomic E-state index is 0.0416. The number of halogens is 4. The molecule has 11 heteroatoms. The molecule has 6 nitrogen and oxygen atoms in total. The molecule has 0 bridgehead atoms. The molecular weight excluding hydrogens is 542 g/mol. The van der Waals surface area contributed by atoms with E-state index in [9.17, 15) is 23.2 Å². The summed E-state index contributed by atoms with van der Waals surface area (Å²) >= 11 is 9.88. The Bertz CT molecular complexity index is 1330. The number of nitrogens with zero attached hydrogens (tertiary/aromatic N) is 1. The van der Waals surface area contributed by atoms with Crippen LogP contribution in [0, 0.1) is 11.6 Å². The number of hydrogen-bond acceptors (Lipinski definition) is 5. The molecule has 33 heavy (non-hydrogen) atoms. The predicted molar refractivity (Wildman–Crippen MR) is 125 cm³/mol. The number of carbonyl (C=O) groups excluding carboxylic acids is 3. The highest BCUT2D eigenvalue weighted by Crippen LogP contribution is 2.34. The van der Waals surface area contributed by atoms with Gasteiger partial charge in [-0.2, -0.15) is 0 Å². The van der Waals surface area contributed by atoms with Gasteiger partial charge in [0.2, 0.25) is 5.91 Å². The van der Waals surface area contributed by atoms with Gasteiger partial charge in [0.25, 0.3) is 11.1 Å². The van der Waals surface area contributed by atoms with Crippen molar-refractivity contribution in [1.29, 1.82) is 0 Å². The van der Waals surface area contributed by atoms with Crippen molar-refractivity contribution in [2.45, 2.75) is 0 Å². The van der Waals surface area contributed by atoms with Crippen LogP contribution in [0.5, 0.6) is 0 Å². The Hall–Kier alpha value is -2.95. The van der Waals surface area contributed by atoms with Crippen LogP contribution in [0.2, 0.25) is 5.02 Å². The van der Waals surface area contributed by atoms with Gasteiger partial charge in [-0.3, -0.25) is 19.3 Å². The second-order valence-electron chi connectivity index (χ2n) is 6.77. The number of hydrogen-bond donors (Lipinski definition) is 1. The molecule has 0 saturated carbocycles. The highest BCUT2D eigenvalue weighted by Gasteiger charge is 2.36. The fourth-order valence-electron chi connectivity index (χ4n) is 2.95. The van der Waals surface area contributed by atoms with Crippen LogP contribution in [0.4, 0.5) is 19.3 Å². The number of imide groups is 1. The van der Waals surface area contributed by atoms with E-state index >= 15 is 0 Å². The summed E-state index contributed by atoms with van der Waals surface area (Å²) in [6.45, 7) is -0.486. The van der Waals surface area contributed by atoms with Gasteiger partial charge in [0.1, 0.15) is 29.7 Å². The fraction of sp³-hybridized carbons (Fsp3) is 0.0455. The predicted octanol–water partition coefficient (Wildman–Crippen LogP) is 6.32. The smallest absolute Gasteiger partial charge is 0.294 e. The number of thioether (sulfide) groups is 1. The van der Waals surface area contributed by atoms with Gasteiger partial charge >= 0.3 is 0 Å². The molecule has 0 atom stereocenters. The topological polar surface area (TPSA) is 79.6 Å². The Morgan fingerprint density at radius 3 is 2.67 bits per heavy atom. The van der Waals surface area contributed by atoms with Gasteiger partial charge in [0.15, 0.2) is 0 Å². The average Bonchev–Trinajstić information content (AvgIpc) is 3.31. The fourth-order valence-corrected chi connectivity index (χ4v) is 4.19. The first-order chi connectivity index (χ1) is 15.7. The molecule has 0 spiro atoms. The Morgan fingerprint density at radius 2 is 1.94 bits per heavy atom. The van der Waals surface area contributed by atoms with Gasteiger partial charge in [-0.1, -0.05) is 11.6 Å². The van der Waals surface area contributed by atoms with Crippen LogP contribution in [0.3, 0.4) is 0 Å². The van der Waals surface area contributed by atoms with Crippen molar-refractivity contribution < 1.29 is 27.6 Å². The summed E-state index contributed by atoms with van der Waals surface area (Å²) in [5.74, 6) is -2.44. The second-order valence-corrected chi connectivity index (χ2v) is 9.03. The Labute approximate surface area is 203 Å². The van der Waals surface area contributed by atoms with Crippen LogP contribution < -0.4 is 5.32 Å². The van der Waals surface area contributed by atoms with Crippen molar-refractivity contribution in [3.05, 3.63) is 80.3 Å². The lowest BCUT2D eigenvalue weighted by Crippen LogP contribution is -2.36. The molecule has 2 heterocycles. The van der Waals surface area contributed by atoms with Gasteiger partial charge in [0.05, 0.1) is 15.5 Å². The van der Waals surface area contributed by atoms with Gasteiger partial charge in [-0.15, -0.1) is 0 Å². The first kappa shape index (κ1) is 23.2. The molecule has 1 saturated heterocycles. The van der Waals surface area contributed by atoms with E-state index in [1.54, 1.807) is 12.1 Å².